The Labute approximate surface area is 106 Å². The maximum atomic E-state index is 11.9. The van der Waals surface area contributed by atoms with Gasteiger partial charge in [0, 0.05) is 6.54 Å². The van der Waals surface area contributed by atoms with Crippen LogP contribution in [0.25, 0.3) is 0 Å². The summed E-state index contributed by atoms with van der Waals surface area (Å²) in [7, 11) is 0. The van der Waals surface area contributed by atoms with Crippen LogP contribution in [0.2, 0.25) is 0 Å². The van der Waals surface area contributed by atoms with Gasteiger partial charge in [0.2, 0.25) is 0 Å². The molecule has 92 valence electrons. The SMILES string of the molecule is Cl.NCCCCN1C(=O)c2ccccc2C1=O. The first-order chi connectivity index (χ1) is 7.75. The molecule has 2 N–H and O–H groups in total. The lowest BCUT2D eigenvalue weighted by atomic mass is 10.1. The first kappa shape index (κ1) is 13.7. The summed E-state index contributed by atoms with van der Waals surface area (Å²) in [6.07, 6.45) is 1.59. The molecule has 0 fully saturated rings. The minimum absolute atomic E-state index is 0. The van der Waals surface area contributed by atoms with E-state index in [1.54, 1.807) is 24.3 Å². The molecule has 1 aromatic carbocycles. The van der Waals surface area contributed by atoms with Crippen molar-refractivity contribution in [2.75, 3.05) is 13.1 Å². The summed E-state index contributed by atoms with van der Waals surface area (Å²) in [5.74, 6) is -0.366. The Morgan fingerprint density at radius 1 is 1.00 bits per heavy atom. The van der Waals surface area contributed by atoms with E-state index >= 15 is 0 Å². The summed E-state index contributed by atoms with van der Waals surface area (Å²) < 4.78 is 0. The Balaban J connectivity index is 0.00000144. The van der Waals surface area contributed by atoms with Gasteiger partial charge in [0.25, 0.3) is 11.8 Å². The number of unbranched alkanes of at least 4 members (excludes halogenated alkanes) is 1. The minimum Gasteiger partial charge on any atom is -0.330 e. The van der Waals surface area contributed by atoms with E-state index in [-0.39, 0.29) is 24.2 Å². The van der Waals surface area contributed by atoms with Crippen molar-refractivity contribution in [2.45, 2.75) is 12.8 Å². The predicted molar refractivity (Wildman–Crippen MR) is 67.3 cm³/mol. The number of carbonyl (C=O) groups excluding carboxylic acids is 2. The van der Waals surface area contributed by atoms with E-state index in [2.05, 4.69) is 0 Å². The van der Waals surface area contributed by atoms with Gasteiger partial charge in [-0.3, -0.25) is 14.5 Å². The number of hydrogen-bond donors (Lipinski definition) is 1. The van der Waals surface area contributed by atoms with Gasteiger partial charge in [-0.25, -0.2) is 0 Å². The van der Waals surface area contributed by atoms with Crippen LogP contribution in [0.15, 0.2) is 24.3 Å². The van der Waals surface area contributed by atoms with E-state index in [4.69, 9.17) is 5.73 Å². The average Bonchev–Trinajstić information content (AvgIpc) is 2.55. The molecule has 0 aliphatic carbocycles. The van der Waals surface area contributed by atoms with Gasteiger partial charge in [-0.15, -0.1) is 12.4 Å². The molecule has 0 aromatic heterocycles. The van der Waals surface area contributed by atoms with Crippen molar-refractivity contribution in [3.63, 3.8) is 0 Å². The molecule has 0 radical (unpaired) electrons. The molecule has 17 heavy (non-hydrogen) atoms. The van der Waals surface area contributed by atoms with Gasteiger partial charge in [-0.05, 0) is 31.5 Å². The second-order valence-electron chi connectivity index (χ2n) is 3.80. The second-order valence-corrected chi connectivity index (χ2v) is 3.80. The van der Waals surface area contributed by atoms with E-state index < -0.39 is 0 Å². The lowest BCUT2D eigenvalue weighted by Gasteiger charge is -2.12. The molecule has 0 unspecified atom stereocenters. The lowest BCUT2D eigenvalue weighted by molar-refractivity contribution is 0.0652. The van der Waals surface area contributed by atoms with E-state index in [9.17, 15) is 9.59 Å². The Kier molecular flexibility index (Phi) is 4.66. The smallest absolute Gasteiger partial charge is 0.261 e. The largest absolute Gasteiger partial charge is 0.330 e. The molecule has 5 heteroatoms. The predicted octanol–water partition coefficient (Wildman–Crippen LogP) is 1.44. The van der Waals surface area contributed by atoms with Crippen LogP contribution in [-0.2, 0) is 0 Å². The second kappa shape index (κ2) is 5.80. The van der Waals surface area contributed by atoms with E-state index in [0.717, 1.165) is 12.8 Å². The molecular weight excluding hydrogens is 240 g/mol. The van der Waals surface area contributed by atoms with Gasteiger partial charge in [0.1, 0.15) is 0 Å². The zero-order valence-corrected chi connectivity index (χ0v) is 10.2. The molecule has 0 atom stereocenters. The molecule has 0 saturated heterocycles. The third-order valence-corrected chi connectivity index (χ3v) is 2.71. The zero-order chi connectivity index (χ0) is 11.5. The van der Waals surface area contributed by atoms with Crippen molar-refractivity contribution >= 4 is 24.2 Å². The third-order valence-electron chi connectivity index (χ3n) is 2.71. The summed E-state index contributed by atoms with van der Waals surface area (Å²) in [4.78, 5) is 25.1. The van der Waals surface area contributed by atoms with Crippen molar-refractivity contribution in [2.24, 2.45) is 5.73 Å². The average molecular weight is 255 g/mol. The first-order valence-electron chi connectivity index (χ1n) is 5.41. The topological polar surface area (TPSA) is 63.4 Å². The number of fused-ring (bicyclic) bond motifs is 1. The summed E-state index contributed by atoms with van der Waals surface area (Å²) in [6.45, 7) is 1.05. The van der Waals surface area contributed by atoms with Crippen LogP contribution < -0.4 is 5.73 Å². The fourth-order valence-corrected chi connectivity index (χ4v) is 1.86. The summed E-state index contributed by atoms with van der Waals surface area (Å²) in [6, 6.07) is 6.93. The Bertz CT molecular complexity index is 399. The van der Waals surface area contributed by atoms with Crippen molar-refractivity contribution in [3.05, 3.63) is 35.4 Å². The van der Waals surface area contributed by atoms with Crippen LogP contribution in [0, 0.1) is 0 Å². The quantitative estimate of drug-likeness (QED) is 0.653. The molecule has 4 nitrogen and oxygen atoms in total. The third kappa shape index (κ3) is 2.48. The molecule has 2 rings (SSSR count). The number of nitrogens with zero attached hydrogens (tertiary/aromatic N) is 1. The van der Waals surface area contributed by atoms with Crippen LogP contribution in [0.5, 0.6) is 0 Å². The molecule has 2 amide bonds. The van der Waals surface area contributed by atoms with Gasteiger partial charge in [-0.1, -0.05) is 12.1 Å². The highest BCUT2D eigenvalue weighted by Crippen LogP contribution is 2.22. The molecule has 1 aliphatic rings. The van der Waals surface area contributed by atoms with E-state index in [1.807, 2.05) is 0 Å². The maximum absolute atomic E-state index is 11.9. The van der Waals surface area contributed by atoms with Gasteiger partial charge in [0.05, 0.1) is 11.1 Å². The Hall–Kier alpha value is -1.39. The molecular formula is C12H15ClN2O2. The highest BCUT2D eigenvalue weighted by Gasteiger charge is 2.34. The maximum Gasteiger partial charge on any atom is 0.261 e. The number of hydrogen-bond acceptors (Lipinski definition) is 3. The van der Waals surface area contributed by atoms with Crippen LogP contribution in [0.3, 0.4) is 0 Å². The van der Waals surface area contributed by atoms with Gasteiger partial charge in [0.15, 0.2) is 0 Å². The lowest BCUT2D eigenvalue weighted by Crippen LogP contribution is -2.30. The summed E-state index contributed by atoms with van der Waals surface area (Å²) in [5.41, 5.74) is 6.41. The monoisotopic (exact) mass is 254 g/mol. The van der Waals surface area contributed by atoms with Crippen LogP contribution in [0.1, 0.15) is 33.6 Å². The fraction of sp³-hybridized carbons (Fsp3) is 0.333. The Morgan fingerprint density at radius 3 is 2.00 bits per heavy atom. The summed E-state index contributed by atoms with van der Waals surface area (Å²) in [5, 5.41) is 0. The number of benzene rings is 1. The van der Waals surface area contributed by atoms with Gasteiger partial charge >= 0.3 is 0 Å². The molecule has 1 aliphatic heterocycles. The van der Waals surface area contributed by atoms with Crippen molar-refractivity contribution in [1.29, 1.82) is 0 Å². The van der Waals surface area contributed by atoms with Crippen molar-refractivity contribution in [3.8, 4) is 0 Å². The van der Waals surface area contributed by atoms with Gasteiger partial charge < -0.3 is 5.73 Å². The molecule has 1 heterocycles. The number of nitrogens with two attached hydrogens (primary N) is 1. The van der Waals surface area contributed by atoms with Crippen molar-refractivity contribution < 1.29 is 9.59 Å². The molecule has 1 aromatic rings. The highest BCUT2D eigenvalue weighted by atomic mass is 35.5. The zero-order valence-electron chi connectivity index (χ0n) is 9.39. The molecule has 0 bridgehead atoms. The minimum atomic E-state index is -0.183. The molecule has 0 saturated carbocycles. The number of carbonyl (C=O) groups is 2. The first-order valence-corrected chi connectivity index (χ1v) is 5.41. The fourth-order valence-electron chi connectivity index (χ4n) is 1.86. The van der Waals surface area contributed by atoms with Crippen LogP contribution in [0.4, 0.5) is 0 Å². The van der Waals surface area contributed by atoms with Crippen LogP contribution >= 0.6 is 12.4 Å². The standard InChI is InChI=1S/C12H14N2O2.ClH/c13-7-3-4-8-14-11(15)9-5-1-2-6-10(9)12(14)16;/h1-2,5-6H,3-4,7-8,13H2;1H. The Morgan fingerprint density at radius 2 is 1.53 bits per heavy atom. The van der Waals surface area contributed by atoms with E-state index in [1.165, 1.54) is 4.90 Å². The van der Waals surface area contributed by atoms with Crippen LogP contribution in [-0.4, -0.2) is 29.8 Å². The number of rotatable bonds is 4. The van der Waals surface area contributed by atoms with Gasteiger partial charge in [-0.2, -0.15) is 0 Å². The van der Waals surface area contributed by atoms with Crippen molar-refractivity contribution in [1.82, 2.24) is 4.90 Å². The number of imide groups is 1. The number of halogens is 1. The highest BCUT2D eigenvalue weighted by molar-refractivity contribution is 6.21. The van der Waals surface area contributed by atoms with E-state index in [0.29, 0.717) is 24.2 Å². The summed E-state index contributed by atoms with van der Waals surface area (Å²) >= 11 is 0. The number of amides is 2. The normalized spacial score (nSPS) is 13.6. The molecule has 0 spiro atoms.